The summed E-state index contributed by atoms with van der Waals surface area (Å²) in [6.45, 7) is 0. The Morgan fingerprint density at radius 3 is 1.50 bits per heavy atom. The lowest BCUT2D eigenvalue weighted by Crippen LogP contribution is -2.41. The lowest BCUT2D eigenvalue weighted by molar-refractivity contribution is 0.0940. The summed E-state index contributed by atoms with van der Waals surface area (Å²) in [7, 11) is 0. The van der Waals surface area contributed by atoms with Gasteiger partial charge in [0.2, 0.25) is 0 Å². The van der Waals surface area contributed by atoms with Crippen LogP contribution in [0.2, 0.25) is 0 Å². The van der Waals surface area contributed by atoms with Crippen LogP contribution < -0.4 is 0 Å². The number of rotatable bonds is 0. The van der Waals surface area contributed by atoms with E-state index in [1.54, 1.807) is 30.6 Å². The fraction of sp³-hybridized carbons (Fsp3) is 0.0690. The number of fused-ring (bicyclic) bond motifs is 2. The number of aromatic nitrogens is 1. The number of benzene rings is 3. The van der Waals surface area contributed by atoms with Gasteiger partial charge in [-0.25, -0.2) is 0 Å². The summed E-state index contributed by atoms with van der Waals surface area (Å²) in [6, 6.07) is 27.9. The van der Waals surface area contributed by atoms with Gasteiger partial charge in [0.1, 0.15) is 0 Å². The van der Waals surface area contributed by atoms with Crippen molar-refractivity contribution >= 4 is 0 Å². The molecule has 0 saturated heterocycles. The van der Waals surface area contributed by atoms with Crippen LogP contribution in [0.1, 0.15) is 33.4 Å². The molecule has 0 bridgehead atoms. The van der Waals surface area contributed by atoms with Gasteiger partial charge < -0.3 is 10.2 Å². The first kappa shape index (κ1) is 19.8. The molecule has 1 aromatic heterocycles. The zero-order valence-electron chi connectivity index (χ0n) is 17.2. The van der Waals surface area contributed by atoms with Gasteiger partial charge in [-0.05, 0) is 30.3 Å². The van der Waals surface area contributed by atoms with Crippen molar-refractivity contribution in [2.75, 3.05) is 0 Å². The van der Waals surface area contributed by atoms with Gasteiger partial charge >= 0.3 is 0 Å². The number of hydrogen-bond acceptors (Lipinski definition) is 3. The predicted octanol–water partition coefficient (Wildman–Crippen LogP) is 3.97. The Morgan fingerprint density at radius 1 is 0.531 bits per heavy atom. The summed E-state index contributed by atoms with van der Waals surface area (Å²) < 4.78 is 0. The van der Waals surface area contributed by atoms with Crippen LogP contribution >= 0.6 is 0 Å². The van der Waals surface area contributed by atoms with Crippen LogP contribution in [0.15, 0.2) is 103 Å². The van der Waals surface area contributed by atoms with E-state index in [0.717, 1.165) is 11.1 Å². The second kappa shape index (κ2) is 7.84. The fourth-order valence-electron chi connectivity index (χ4n) is 4.04. The van der Waals surface area contributed by atoms with Gasteiger partial charge in [0.15, 0.2) is 11.2 Å². The largest absolute Gasteiger partial charge is 0.369 e. The average Bonchev–Trinajstić information content (AvgIpc) is 2.87. The minimum absolute atomic E-state index is 0.423. The van der Waals surface area contributed by atoms with Gasteiger partial charge in [-0.3, -0.25) is 4.98 Å². The van der Waals surface area contributed by atoms with Crippen molar-refractivity contribution in [1.29, 1.82) is 0 Å². The molecule has 32 heavy (non-hydrogen) atoms. The average molecular weight is 413 g/mol. The standard InChI is InChI=1S/C29H19NO2/c31-28(18-15-22-9-3-1-4-10-22)24-13-7-8-14-25(24)29(32,27-21-30-20-17-26(27)28)19-16-23-11-5-2-6-12-23/h1-14,17,20-21,31-32H/t28-,29+/m0/s1. The highest BCUT2D eigenvalue weighted by atomic mass is 16.3. The molecule has 2 atom stereocenters. The molecule has 152 valence electrons. The van der Waals surface area contributed by atoms with E-state index < -0.39 is 11.2 Å². The van der Waals surface area contributed by atoms with Gasteiger partial charge in [-0.1, -0.05) is 84.3 Å². The Hall–Kier alpha value is -4.15. The predicted molar refractivity (Wildman–Crippen MR) is 123 cm³/mol. The second-order valence-corrected chi connectivity index (χ2v) is 7.62. The summed E-state index contributed by atoms with van der Waals surface area (Å²) in [5.74, 6) is 12.3. The van der Waals surface area contributed by atoms with Crippen LogP contribution in [0.4, 0.5) is 0 Å². The van der Waals surface area contributed by atoms with Gasteiger partial charge in [0.05, 0.1) is 0 Å². The lowest BCUT2D eigenvalue weighted by Gasteiger charge is -2.39. The first-order valence-corrected chi connectivity index (χ1v) is 10.3. The monoisotopic (exact) mass is 413 g/mol. The maximum Gasteiger partial charge on any atom is 0.179 e. The van der Waals surface area contributed by atoms with Crippen LogP contribution in [0, 0.1) is 23.7 Å². The number of aliphatic hydroxyl groups is 2. The van der Waals surface area contributed by atoms with E-state index in [4.69, 9.17) is 0 Å². The molecule has 1 aliphatic rings. The highest BCUT2D eigenvalue weighted by Gasteiger charge is 2.48. The molecule has 1 aliphatic carbocycles. The molecule has 0 saturated carbocycles. The molecule has 0 spiro atoms. The Morgan fingerprint density at radius 2 is 0.969 bits per heavy atom. The van der Waals surface area contributed by atoms with Crippen LogP contribution in [0.3, 0.4) is 0 Å². The first-order valence-electron chi connectivity index (χ1n) is 10.3. The van der Waals surface area contributed by atoms with Crippen LogP contribution in [-0.2, 0) is 11.2 Å². The molecule has 3 heteroatoms. The molecule has 0 amide bonds. The quantitative estimate of drug-likeness (QED) is 0.429. The molecule has 5 rings (SSSR count). The Bertz CT molecular complexity index is 1250. The molecule has 0 fully saturated rings. The van der Waals surface area contributed by atoms with Gasteiger partial charge in [-0.15, -0.1) is 0 Å². The van der Waals surface area contributed by atoms with Crippen LogP contribution in [0.5, 0.6) is 0 Å². The maximum atomic E-state index is 11.9. The molecular formula is C29H19NO2. The van der Waals surface area contributed by atoms with Gasteiger partial charge in [0.25, 0.3) is 0 Å². The third-order valence-corrected chi connectivity index (χ3v) is 5.63. The molecule has 0 unspecified atom stereocenters. The zero-order chi connectivity index (χ0) is 22.0. The van der Waals surface area contributed by atoms with Crippen molar-refractivity contribution in [1.82, 2.24) is 4.98 Å². The summed E-state index contributed by atoms with van der Waals surface area (Å²) in [6.07, 6.45) is 3.15. The van der Waals surface area contributed by atoms with E-state index in [-0.39, 0.29) is 0 Å². The molecule has 0 aliphatic heterocycles. The van der Waals surface area contributed by atoms with Crippen molar-refractivity contribution in [3.05, 3.63) is 137 Å². The van der Waals surface area contributed by atoms with E-state index >= 15 is 0 Å². The van der Waals surface area contributed by atoms with E-state index in [2.05, 4.69) is 28.7 Å². The Labute approximate surface area is 187 Å². The number of nitrogens with zero attached hydrogens (tertiary/aromatic N) is 1. The third-order valence-electron chi connectivity index (χ3n) is 5.63. The summed E-state index contributed by atoms with van der Waals surface area (Å²) >= 11 is 0. The Balaban J connectivity index is 1.74. The minimum atomic E-state index is -1.64. The lowest BCUT2D eigenvalue weighted by atomic mass is 9.68. The summed E-state index contributed by atoms with van der Waals surface area (Å²) in [5.41, 5.74) is 0.210. The Kier molecular flexibility index (Phi) is 4.85. The van der Waals surface area contributed by atoms with Crippen molar-refractivity contribution in [2.45, 2.75) is 11.2 Å². The van der Waals surface area contributed by atoms with Crippen LogP contribution in [0.25, 0.3) is 0 Å². The van der Waals surface area contributed by atoms with Crippen molar-refractivity contribution in [3.63, 3.8) is 0 Å². The molecule has 3 nitrogen and oxygen atoms in total. The summed E-state index contributed by atoms with van der Waals surface area (Å²) in [4.78, 5) is 4.22. The van der Waals surface area contributed by atoms with Gasteiger partial charge in [0, 0.05) is 45.8 Å². The van der Waals surface area contributed by atoms with E-state index in [1.165, 1.54) is 0 Å². The smallest absolute Gasteiger partial charge is 0.179 e. The van der Waals surface area contributed by atoms with Crippen LogP contribution in [-0.4, -0.2) is 15.2 Å². The maximum absolute atomic E-state index is 11.9. The SMILES string of the molecule is O[C@@]1(C#Cc2ccccc2)c2ccccc2[C@](O)(C#Cc2ccccc2)c2cnccc21. The van der Waals surface area contributed by atoms with Gasteiger partial charge in [-0.2, -0.15) is 0 Å². The molecule has 0 radical (unpaired) electrons. The molecule has 2 N–H and O–H groups in total. The molecule has 4 aromatic rings. The zero-order valence-corrected chi connectivity index (χ0v) is 17.2. The normalized spacial score (nSPS) is 20.6. The topological polar surface area (TPSA) is 53.4 Å². The molecule has 1 heterocycles. The van der Waals surface area contributed by atoms with E-state index in [9.17, 15) is 10.2 Å². The third kappa shape index (κ3) is 3.27. The van der Waals surface area contributed by atoms with E-state index in [1.807, 2.05) is 72.8 Å². The first-order chi connectivity index (χ1) is 15.6. The van der Waals surface area contributed by atoms with E-state index in [0.29, 0.717) is 22.3 Å². The second-order valence-electron chi connectivity index (χ2n) is 7.62. The highest BCUT2D eigenvalue weighted by molar-refractivity contribution is 5.64. The van der Waals surface area contributed by atoms with Crippen molar-refractivity contribution in [3.8, 4) is 23.7 Å². The number of hydrogen-bond donors (Lipinski definition) is 2. The molecular weight excluding hydrogens is 394 g/mol. The van der Waals surface area contributed by atoms with Crippen molar-refractivity contribution in [2.24, 2.45) is 0 Å². The summed E-state index contributed by atoms with van der Waals surface area (Å²) in [5, 5.41) is 23.8. The fourth-order valence-corrected chi connectivity index (χ4v) is 4.04. The van der Waals surface area contributed by atoms with Crippen molar-refractivity contribution < 1.29 is 10.2 Å². The molecule has 3 aromatic carbocycles. The number of pyridine rings is 1. The minimum Gasteiger partial charge on any atom is -0.369 e. The highest BCUT2D eigenvalue weighted by Crippen LogP contribution is 2.47.